The van der Waals surface area contributed by atoms with Crippen molar-refractivity contribution in [1.29, 1.82) is 0 Å². The average Bonchev–Trinajstić information content (AvgIpc) is 3.96. The molecule has 13 rings (SSSR count). The number of para-hydroxylation sites is 1. The molecule has 0 aliphatic rings. The summed E-state index contributed by atoms with van der Waals surface area (Å²) in [6.45, 7) is 0. The lowest BCUT2D eigenvalue weighted by molar-refractivity contribution is 1.06. The number of nitrogens with zero attached hydrogens (tertiary/aromatic N) is 7. The number of hydrogen-bond donors (Lipinski definition) is 0. The highest BCUT2D eigenvalue weighted by Gasteiger charge is 2.22. The largest absolute Gasteiger partial charge is 0.309 e. The molecule has 0 unspecified atom stereocenters. The molecule has 7 nitrogen and oxygen atoms in total. The van der Waals surface area contributed by atoms with E-state index in [1.54, 1.807) is 0 Å². The van der Waals surface area contributed by atoms with E-state index < -0.39 is 0 Å². The molecule has 9 aromatic carbocycles. The Hall–Kier alpha value is -8.98. The molecule has 318 valence electrons. The number of hydrogen-bond acceptors (Lipinski definition) is 7. The number of benzene rings is 9. The lowest BCUT2D eigenvalue weighted by Crippen LogP contribution is -2.04. The fourth-order valence-corrected chi connectivity index (χ4v) is 10.4. The molecule has 0 atom stereocenters. The first-order valence-electron chi connectivity index (χ1n) is 22.5. The van der Waals surface area contributed by atoms with Gasteiger partial charge in [-0.25, -0.2) is 29.9 Å². The van der Waals surface area contributed by atoms with Gasteiger partial charge in [-0.3, -0.25) is 0 Å². The van der Waals surface area contributed by atoms with E-state index in [1.807, 2.05) is 133 Å². The van der Waals surface area contributed by atoms with Crippen molar-refractivity contribution in [2.45, 2.75) is 0 Å². The molecule has 0 bridgehead atoms. The Morgan fingerprint density at radius 3 is 1.28 bits per heavy atom. The first-order chi connectivity index (χ1) is 33.7. The molecule has 13 aromatic rings. The van der Waals surface area contributed by atoms with Gasteiger partial charge < -0.3 is 4.57 Å². The lowest BCUT2D eigenvalue weighted by atomic mass is 9.99. The van der Waals surface area contributed by atoms with E-state index in [2.05, 4.69) is 108 Å². The third kappa shape index (κ3) is 6.99. The summed E-state index contributed by atoms with van der Waals surface area (Å²) in [5, 5.41) is 4.70. The van der Waals surface area contributed by atoms with E-state index in [-0.39, 0.29) is 0 Å². The molecule has 0 saturated heterocycles. The summed E-state index contributed by atoms with van der Waals surface area (Å²) in [5.74, 6) is 3.62. The molecule has 4 heterocycles. The van der Waals surface area contributed by atoms with Crippen LogP contribution in [0.4, 0.5) is 0 Å². The summed E-state index contributed by atoms with van der Waals surface area (Å²) in [5.41, 5.74) is 10.6. The van der Waals surface area contributed by atoms with Crippen LogP contribution in [-0.4, -0.2) is 34.5 Å². The molecule has 0 aliphatic heterocycles. The zero-order valence-electron chi connectivity index (χ0n) is 36.4. The Balaban J connectivity index is 1.04. The van der Waals surface area contributed by atoms with Crippen molar-refractivity contribution in [3.63, 3.8) is 0 Å². The van der Waals surface area contributed by atoms with Crippen LogP contribution >= 0.6 is 11.3 Å². The molecule has 68 heavy (non-hydrogen) atoms. The first-order valence-corrected chi connectivity index (χ1v) is 23.3. The van der Waals surface area contributed by atoms with Crippen LogP contribution in [0.25, 0.3) is 127 Å². The number of aromatic nitrogens is 7. The van der Waals surface area contributed by atoms with Crippen LogP contribution in [0, 0.1) is 0 Å². The third-order valence-electron chi connectivity index (χ3n) is 12.5. The molecule has 0 radical (unpaired) electrons. The SMILES string of the molecule is c1ccc(-c2nc(-c3ccccc3)nc(-c3ccc4c(c3)c3ccccc3n4-c3ccc(-c4ccc5c(c4)sc4ccccc45)cc3-c3nc(-c4ccccc4)nc(-c4ccccc4)n3)n2)cc1. The summed E-state index contributed by atoms with van der Waals surface area (Å²) < 4.78 is 4.87. The highest BCUT2D eigenvalue weighted by molar-refractivity contribution is 7.25. The Kier molecular flexibility index (Phi) is 9.54. The van der Waals surface area contributed by atoms with Crippen molar-refractivity contribution < 1.29 is 0 Å². The quantitative estimate of drug-likeness (QED) is 0.151. The normalized spacial score (nSPS) is 11.5. The predicted octanol–water partition coefficient (Wildman–Crippen LogP) is 15.2. The van der Waals surface area contributed by atoms with Crippen LogP contribution in [0.3, 0.4) is 0 Å². The van der Waals surface area contributed by atoms with Gasteiger partial charge in [-0.15, -0.1) is 11.3 Å². The molecule has 0 aliphatic carbocycles. The van der Waals surface area contributed by atoms with E-state index in [9.17, 15) is 0 Å². The summed E-state index contributed by atoms with van der Waals surface area (Å²) in [6, 6.07) is 77.7. The molecular formula is C60H37N7S. The lowest BCUT2D eigenvalue weighted by Gasteiger charge is -2.16. The predicted molar refractivity (Wildman–Crippen MR) is 278 cm³/mol. The third-order valence-corrected chi connectivity index (χ3v) is 13.7. The summed E-state index contributed by atoms with van der Waals surface area (Å²) in [6.07, 6.45) is 0. The second-order valence-corrected chi connectivity index (χ2v) is 17.8. The van der Waals surface area contributed by atoms with Gasteiger partial charge in [-0.2, -0.15) is 0 Å². The van der Waals surface area contributed by atoms with E-state index in [1.165, 1.54) is 20.2 Å². The van der Waals surface area contributed by atoms with Crippen LogP contribution in [0.2, 0.25) is 0 Å². The zero-order chi connectivity index (χ0) is 45.0. The van der Waals surface area contributed by atoms with Gasteiger partial charge in [0.1, 0.15) is 0 Å². The van der Waals surface area contributed by atoms with Crippen LogP contribution < -0.4 is 0 Å². The molecule has 0 amide bonds. The van der Waals surface area contributed by atoms with Crippen LogP contribution in [0.15, 0.2) is 224 Å². The van der Waals surface area contributed by atoms with Crippen molar-refractivity contribution in [2.24, 2.45) is 0 Å². The van der Waals surface area contributed by atoms with Gasteiger partial charge in [0.15, 0.2) is 34.9 Å². The maximum atomic E-state index is 5.31. The minimum Gasteiger partial charge on any atom is -0.309 e. The van der Waals surface area contributed by atoms with Gasteiger partial charge >= 0.3 is 0 Å². The average molecular weight is 888 g/mol. The van der Waals surface area contributed by atoms with Crippen LogP contribution in [0.5, 0.6) is 0 Å². The fourth-order valence-electron chi connectivity index (χ4n) is 9.23. The smallest absolute Gasteiger partial charge is 0.166 e. The Labute approximate surface area is 395 Å². The monoisotopic (exact) mass is 887 g/mol. The highest BCUT2D eigenvalue weighted by Crippen LogP contribution is 2.41. The van der Waals surface area contributed by atoms with Gasteiger partial charge in [0, 0.05) is 64.3 Å². The minimum absolute atomic E-state index is 0.576. The van der Waals surface area contributed by atoms with Crippen molar-refractivity contribution >= 4 is 53.3 Å². The van der Waals surface area contributed by atoms with Crippen LogP contribution in [0.1, 0.15) is 0 Å². The Bertz CT molecular complexity index is 3900. The highest BCUT2D eigenvalue weighted by atomic mass is 32.1. The second-order valence-electron chi connectivity index (χ2n) is 16.7. The van der Waals surface area contributed by atoms with Crippen molar-refractivity contribution in [2.75, 3.05) is 0 Å². The first kappa shape index (κ1) is 39.4. The Morgan fingerprint density at radius 1 is 0.265 bits per heavy atom. The van der Waals surface area contributed by atoms with E-state index in [4.69, 9.17) is 29.9 Å². The summed E-state index contributed by atoms with van der Waals surface area (Å²) >= 11 is 1.82. The minimum atomic E-state index is 0.576. The van der Waals surface area contributed by atoms with E-state index in [0.717, 1.165) is 72.0 Å². The number of fused-ring (bicyclic) bond motifs is 6. The van der Waals surface area contributed by atoms with Gasteiger partial charge in [-0.05, 0) is 59.7 Å². The van der Waals surface area contributed by atoms with E-state index in [0.29, 0.717) is 34.9 Å². The Morgan fingerprint density at radius 2 is 0.691 bits per heavy atom. The van der Waals surface area contributed by atoms with Gasteiger partial charge in [0.25, 0.3) is 0 Å². The number of thiophene rings is 1. The van der Waals surface area contributed by atoms with Crippen LogP contribution in [-0.2, 0) is 0 Å². The van der Waals surface area contributed by atoms with Gasteiger partial charge in [0.2, 0.25) is 0 Å². The summed E-state index contributed by atoms with van der Waals surface area (Å²) in [7, 11) is 0. The number of rotatable bonds is 8. The van der Waals surface area contributed by atoms with E-state index >= 15 is 0 Å². The fraction of sp³-hybridized carbons (Fsp3) is 0. The van der Waals surface area contributed by atoms with Crippen molar-refractivity contribution in [3.05, 3.63) is 224 Å². The maximum Gasteiger partial charge on any atom is 0.166 e. The standard InChI is InChI=1S/C60H37N7S/c1-5-17-38(18-6-1)55-61-56(39-19-7-2-8-20-39)64-59(63-55)44-31-34-51-48(36-44)45-25-13-15-27-50(45)67(51)52-33-30-42(43-29-32-47-46-26-14-16-28-53(46)68-54(47)37-43)35-49(52)60-65-57(40-21-9-3-10-22-40)62-58(66-60)41-23-11-4-12-24-41/h1-37H. The molecule has 0 spiro atoms. The molecular weight excluding hydrogens is 851 g/mol. The van der Waals surface area contributed by atoms with Crippen molar-refractivity contribution in [1.82, 2.24) is 34.5 Å². The topological polar surface area (TPSA) is 82.3 Å². The molecule has 4 aromatic heterocycles. The van der Waals surface area contributed by atoms with Crippen molar-refractivity contribution in [3.8, 4) is 85.1 Å². The summed E-state index contributed by atoms with van der Waals surface area (Å²) in [4.78, 5) is 30.8. The van der Waals surface area contributed by atoms with Gasteiger partial charge in [0.05, 0.1) is 16.7 Å². The molecule has 0 saturated carbocycles. The molecule has 0 N–H and O–H groups in total. The molecule has 0 fully saturated rings. The second kappa shape index (κ2) is 16.5. The zero-order valence-corrected chi connectivity index (χ0v) is 37.2. The van der Waals surface area contributed by atoms with Gasteiger partial charge in [-0.1, -0.05) is 176 Å². The maximum absolute atomic E-state index is 5.31. The molecule has 8 heteroatoms.